The monoisotopic (exact) mass is 410 g/mol. The lowest BCUT2D eigenvalue weighted by Crippen LogP contribution is -2.21. The van der Waals surface area contributed by atoms with Gasteiger partial charge in [-0.15, -0.1) is 0 Å². The van der Waals surface area contributed by atoms with Crippen molar-refractivity contribution in [2.75, 3.05) is 19.5 Å². The lowest BCUT2D eigenvalue weighted by molar-refractivity contribution is 0.0964. The van der Waals surface area contributed by atoms with E-state index >= 15 is 0 Å². The van der Waals surface area contributed by atoms with Crippen LogP contribution >= 0.6 is 22.6 Å². The minimum absolute atomic E-state index is 0.250. The number of ether oxygens (including phenoxy) is 1. The Morgan fingerprint density at radius 1 is 1.09 bits per heavy atom. The standard InChI is InChI=1S/C16H15IN2O3/c1-18-16(21)11-5-3-4-6-13(11)19-15(20)10-7-8-14(22-2)12(17)9-10/h3-9H,1-2H3,(H,18,21)(H,19,20). The zero-order valence-corrected chi connectivity index (χ0v) is 14.3. The molecule has 0 aliphatic heterocycles. The predicted molar refractivity (Wildman–Crippen MR) is 93.5 cm³/mol. The van der Waals surface area contributed by atoms with Crippen LogP contribution in [0.5, 0.6) is 5.75 Å². The van der Waals surface area contributed by atoms with Crippen LogP contribution in [0.2, 0.25) is 0 Å². The van der Waals surface area contributed by atoms with Crippen LogP contribution in [0.15, 0.2) is 42.5 Å². The summed E-state index contributed by atoms with van der Waals surface area (Å²) in [5.74, 6) is 0.181. The third kappa shape index (κ3) is 3.56. The molecule has 0 radical (unpaired) electrons. The van der Waals surface area contributed by atoms with Crippen molar-refractivity contribution in [2.24, 2.45) is 0 Å². The fourth-order valence-electron chi connectivity index (χ4n) is 1.93. The van der Waals surface area contributed by atoms with Gasteiger partial charge in [0.25, 0.3) is 11.8 Å². The highest BCUT2D eigenvalue weighted by molar-refractivity contribution is 14.1. The number of anilines is 1. The molecule has 0 unspecified atom stereocenters. The maximum atomic E-state index is 12.3. The van der Waals surface area contributed by atoms with Crippen LogP contribution in [0.3, 0.4) is 0 Å². The van der Waals surface area contributed by atoms with E-state index in [4.69, 9.17) is 4.74 Å². The van der Waals surface area contributed by atoms with E-state index in [9.17, 15) is 9.59 Å². The number of methoxy groups -OCH3 is 1. The first-order valence-corrected chi connectivity index (χ1v) is 7.60. The number of carbonyl (C=O) groups is 2. The molecule has 0 aliphatic carbocycles. The van der Waals surface area contributed by atoms with Crippen LogP contribution in [0.4, 0.5) is 5.69 Å². The third-order valence-corrected chi connectivity index (χ3v) is 3.90. The fraction of sp³-hybridized carbons (Fsp3) is 0.125. The van der Waals surface area contributed by atoms with Gasteiger partial charge in [0.2, 0.25) is 0 Å². The molecule has 0 fully saturated rings. The molecule has 0 spiro atoms. The van der Waals surface area contributed by atoms with Gasteiger partial charge >= 0.3 is 0 Å². The summed E-state index contributed by atoms with van der Waals surface area (Å²) in [5, 5.41) is 5.31. The average Bonchev–Trinajstić information content (AvgIpc) is 2.54. The molecule has 0 aromatic heterocycles. The molecule has 5 nitrogen and oxygen atoms in total. The number of benzene rings is 2. The molecule has 0 atom stereocenters. The number of amides is 2. The summed E-state index contributed by atoms with van der Waals surface area (Å²) < 4.78 is 6.01. The molecule has 2 N–H and O–H groups in total. The lowest BCUT2D eigenvalue weighted by Gasteiger charge is -2.11. The van der Waals surface area contributed by atoms with Gasteiger partial charge in [0.15, 0.2) is 0 Å². The second-order valence-corrected chi connectivity index (χ2v) is 5.59. The van der Waals surface area contributed by atoms with Gasteiger partial charge in [0, 0.05) is 12.6 Å². The first kappa shape index (κ1) is 16.3. The van der Waals surface area contributed by atoms with E-state index < -0.39 is 0 Å². The largest absolute Gasteiger partial charge is 0.496 e. The zero-order chi connectivity index (χ0) is 16.1. The van der Waals surface area contributed by atoms with Crippen molar-refractivity contribution in [3.05, 3.63) is 57.2 Å². The van der Waals surface area contributed by atoms with Crippen molar-refractivity contribution in [3.63, 3.8) is 0 Å². The maximum Gasteiger partial charge on any atom is 0.255 e. The molecule has 114 valence electrons. The van der Waals surface area contributed by atoms with Crippen molar-refractivity contribution in [2.45, 2.75) is 0 Å². The molecule has 22 heavy (non-hydrogen) atoms. The molecule has 2 aromatic rings. The van der Waals surface area contributed by atoms with Crippen molar-refractivity contribution in [1.29, 1.82) is 0 Å². The van der Waals surface area contributed by atoms with Gasteiger partial charge in [-0.25, -0.2) is 0 Å². The van der Waals surface area contributed by atoms with Gasteiger partial charge < -0.3 is 15.4 Å². The minimum Gasteiger partial charge on any atom is -0.496 e. The van der Waals surface area contributed by atoms with Crippen molar-refractivity contribution in [3.8, 4) is 5.75 Å². The molecule has 2 rings (SSSR count). The quantitative estimate of drug-likeness (QED) is 0.762. The number of hydrogen-bond donors (Lipinski definition) is 2. The number of rotatable bonds is 4. The number of hydrogen-bond acceptors (Lipinski definition) is 3. The Balaban J connectivity index is 2.26. The van der Waals surface area contributed by atoms with Crippen LogP contribution in [0, 0.1) is 3.57 Å². The summed E-state index contributed by atoms with van der Waals surface area (Å²) in [5.41, 5.74) is 1.39. The maximum absolute atomic E-state index is 12.3. The van der Waals surface area contributed by atoms with Gasteiger partial charge in [-0.2, -0.15) is 0 Å². The number of halogens is 1. The fourth-order valence-corrected chi connectivity index (χ4v) is 2.66. The van der Waals surface area contributed by atoms with E-state index in [0.717, 1.165) is 3.57 Å². The van der Waals surface area contributed by atoms with Crippen LogP contribution in [0.1, 0.15) is 20.7 Å². The zero-order valence-electron chi connectivity index (χ0n) is 12.1. The predicted octanol–water partition coefficient (Wildman–Crippen LogP) is 2.91. The summed E-state index contributed by atoms with van der Waals surface area (Å²) in [6.45, 7) is 0. The number of para-hydroxylation sites is 1. The van der Waals surface area contributed by atoms with Gasteiger partial charge in [-0.1, -0.05) is 12.1 Å². The summed E-state index contributed by atoms with van der Waals surface area (Å²) in [6.07, 6.45) is 0. The minimum atomic E-state index is -0.281. The first-order chi connectivity index (χ1) is 10.6. The summed E-state index contributed by atoms with van der Waals surface area (Å²) in [7, 11) is 3.13. The average molecular weight is 410 g/mol. The second-order valence-electron chi connectivity index (χ2n) is 4.43. The van der Waals surface area contributed by atoms with Crippen LogP contribution < -0.4 is 15.4 Å². The van der Waals surface area contributed by atoms with Crippen LogP contribution in [0.25, 0.3) is 0 Å². The molecule has 0 bridgehead atoms. The first-order valence-electron chi connectivity index (χ1n) is 6.52. The molecule has 2 amide bonds. The van der Waals surface area contributed by atoms with E-state index in [1.807, 2.05) is 0 Å². The van der Waals surface area contributed by atoms with Crippen LogP contribution in [-0.4, -0.2) is 26.0 Å². The van der Waals surface area contributed by atoms with Gasteiger partial charge in [-0.05, 0) is 52.9 Å². The summed E-state index contributed by atoms with van der Waals surface area (Å²) in [4.78, 5) is 24.2. The summed E-state index contributed by atoms with van der Waals surface area (Å²) >= 11 is 2.10. The smallest absolute Gasteiger partial charge is 0.255 e. The Kier molecular flexibility index (Phi) is 5.37. The van der Waals surface area contributed by atoms with E-state index in [1.165, 1.54) is 0 Å². The normalized spacial score (nSPS) is 9.95. The molecule has 0 saturated heterocycles. The topological polar surface area (TPSA) is 67.4 Å². The third-order valence-electron chi connectivity index (χ3n) is 3.06. The molecule has 6 heteroatoms. The van der Waals surface area contributed by atoms with E-state index in [-0.39, 0.29) is 11.8 Å². The van der Waals surface area contributed by atoms with Gasteiger partial charge in [0.05, 0.1) is 21.9 Å². The SMILES string of the molecule is CNC(=O)c1ccccc1NC(=O)c1ccc(OC)c(I)c1. The Bertz CT molecular complexity index is 716. The Morgan fingerprint density at radius 3 is 2.45 bits per heavy atom. The van der Waals surface area contributed by atoms with Crippen molar-refractivity contribution < 1.29 is 14.3 Å². The molecular formula is C16H15IN2O3. The molecule has 0 aliphatic rings. The van der Waals surface area contributed by atoms with Gasteiger partial charge in [-0.3, -0.25) is 9.59 Å². The molecule has 0 heterocycles. The Morgan fingerprint density at radius 2 is 1.82 bits per heavy atom. The number of carbonyl (C=O) groups excluding carboxylic acids is 2. The lowest BCUT2D eigenvalue weighted by atomic mass is 10.1. The Labute approximate surface area is 142 Å². The van der Waals surface area contributed by atoms with E-state index in [1.54, 1.807) is 56.6 Å². The summed E-state index contributed by atoms with van der Waals surface area (Å²) in [6, 6.07) is 12.0. The van der Waals surface area contributed by atoms with Crippen molar-refractivity contribution >= 4 is 40.1 Å². The van der Waals surface area contributed by atoms with Gasteiger partial charge in [0.1, 0.15) is 5.75 Å². The highest BCUT2D eigenvalue weighted by Gasteiger charge is 2.14. The molecular weight excluding hydrogens is 395 g/mol. The Hall–Kier alpha value is -2.09. The highest BCUT2D eigenvalue weighted by atomic mass is 127. The number of nitrogens with one attached hydrogen (secondary N) is 2. The van der Waals surface area contributed by atoms with E-state index in [0.29, 0.717) is 22.6 Å². The molecule has 0 saturated carbocycles. The van der Waals surface area contributed by atoms with Crippen molar-refractivity contribution in [1.82, 2.24) is 5.32 Å². The van der Waals surface area contributed by atoms with E-state index in [2.05, 4.69) is 33.2 Å². The molecule has 2 aromatic carbocycles. The second kappa shape index (κ2) is 7.26. The van der Waals surface area contributed by atoms with Crippen LogP contribution in [-0.2, 0) is 0 Å². The highest BCUT2D eigenvalue weighted by Crippen LogP contribution is 2.23.